The van der Waals surface area contributed by atoms with E-state index in [4.69, 9.17) is 9.47 Å². The van der Waals surface area contributed by atoms with Gasteiger partial charge in [-0.25, -0.2) is 8.42 Å². The number of carbonyl (C=O) groups excluding carboxylic acids is 1. The fraction of sp³-hybridized carbons (Fsp3) is 0.381. The number of nitrogens with one attached hydrogen (secondary N) is 1. The van der Waals surface area contributed by atoms with E-state index in [-0.39, 0.29) is 18.2 Å². The number of sulfonamides is 1. The number of piperazine rings is 1. The van der Waals surface area contributed by atoms with Crippen molar-refractivity contribution in [3.8, 4) is 11.5 Å². The van der Waals surface area contributed by atoms with E-state index in [0.29, 0.717) is 37.5 Å². The standard InChI is InChI=1S/C21H27N3O5S/c1-28-19-9-5-3-7-17(19)21(25)22-11-16-30(26,27)24-14-12-23(13-15-24)18-8-4-6-10-20(18)29-2/h3-10H,11-16H2,1-2H3,(H,22,25). The van der Waals surface area contributed by atoms with Crippen LogP contribution in [0.5, 0.6) is 11.5 Å². The minimum absolute atomic E-state index is 0.0337. The molecule has 162 valence electrons. The Hall–Kier alpha value is -2.78. The summed E-state index contributed by atoms with van der Waals surface area (Å²) in [6.07, 6.45) is 0. The van der Waals surface area contributed by atoms with Crippen molar-refractivity contribution >= 4 is 21.6 Å². The zero-order valence-electron chi connectivity index (χ0n) is 17.2. The molecule has 1 aliphatic heterocycles. The number of rotatable bonds is 8. The SMILES string of the molecule is COc1ccccc1C(=O)NCCS(=O)(=O)N1CCN(c2ccccc2OC)CC1. The molecule has 8 nitrogen and oxygen atoms in total. The lowest BCUT2D eigenvalue weighted by Gasteiger charge is -2.36. The number of benzene rings is 2. The van der Waals surface area contributed by atoms with Gasteiger partial charge < -0.3 is 19.7 Å². The molecule has 1 amide bonds. The van der Waals surface area contributed by atoms with Gasteiger partial charge in [0.05, 0.1) is 31.2 Å². The topological polar surface area (TPSA) is 88.2 Å². The van der Waals surface area contributed by atoms with Gasteiger partial charge >= 0.3 is 0 Å². The van der Waals surface area contributed by atoms with Gasteiger partial charge in [0.1, 0.15) is 11.5 Å². The summed E-state index contributed by atoms with van der Waals surface area (Å²) in [4.78, 5) is 14.4. The van der Waals surface area contributed by atoms with Crippen LogP contribution in [0.25, 0.3) is 0 Å². The first-order chi connectivity index (χ1) is 14.5. The molecule has 1 N–H and O–H groups in total. The molecule has 3 rings (SSSR count). The second-order valence-electron chi connectivity index (χ2n) is 6.83. The van der Waals surface area contributed by atoms with Crippen molar-refractivity contribution in [3.05, 3.63) is 54.1 Å². The van der Waals surface area contributed by atoms with Gasteiger partial charge in [-0.2, -0.15) is 4.31 Å². The van der Waals surface area contributed by atoms with Gasteiger partial charge in [0.2, 0.25) is 10.0 Å². The second kappa shape index (κ2) is 9.82. The molecule has 0 atom stereocenters. The summed E-state index contributed by atoms with van der Waals surface area (Å²) in [6.45, 7) is 1.97. The first kappa shape index (κ1) is 21.9. The van der Waals surface area contributed by atoms with E-state index in [1.807, 2.05) is 24.3 Å². The Morgan fingerprint density at radius 1 is 0.933 bits per heavy atom. The van der Waals surface area contributed by atoms with E-state index in [1.165, 1.54) is 11.4 Å². The van der Waals surface area contributed by atoms with Crippen molar-refractivity contribution in [1.82, 2.24) is 9.62 Å². The molecule has 2 aromatic rings. The van der Waals surface area contributed by atoms with Crippen LogP contribution in [0.1, 0.15) is 10.4 Å². The maximum absolute atomic E-state index is 12.7. The maximum Gasteiger partial charge on any atom is 0.255 e. The highest BCUT2D eigenvalue weighted by molar-refractivity contribution is 7.89. The molecule has 0 spiro atoms. The van der Waals surface area contributed by atoms with Gasteiger partial charge in [0.15, 0.2) is 0 Å². The monoisotopic (exact) mass is 433 g/mol. The van der Waals surface area contributed by atoms with Crippen LogP contribution in [0.2, 0.25) is 0 Å². The molecule has 0 bridgehead atoms. The normalized spacial score (nSPS) is 14.9. The summed E-state index contributed by atoms with van der Waals surface area (Å²) in [5, 5.41) is 2.67. The summed E-state index contributed by atoms with van der Waals surface area (Å²) < 4.78 is 37.4. The number of nitrogens with zero attached hydrogens (tertiary/aromatic N) is 2. The smallest absolute Gasteiger partial charge is 0.255 e. The van der Waals surface area contributed by atoms with Gasteiger partial charge in [0.25, 0.3) is 5.91 Å². The Kier molecular flexibility index (Phi) is 7.17. The number of anilines is 1. The molecule has 0 aromatic heterocycles. The van der Waals surface area contributed by atoms with E-state index in [2.05, 4.69) is 10.2 Å². The quantitative estimate of drug-likeness (QED) is 0.680. The third-order valence-corrected chi connectivity index (χ3v) is 6.93. The summed E-state index contributed by atoms with van der Waals surface area (Å²) in [7, 11) is -0.358. The van der Waals surface area contributed by atoms with Crippen LogP contribution in [0.3, 0.4) is 0 Å². The fourth-order valence-corrected chi connectivity index (χ4v) is 4.79. The fourth-order valence-electron chi connectivity index (χ4n) is 3.45. The summed E-state index contributed by atoms with van der Waals surface area (Å²) in [6, 6.07) is 14.5. The Morgan fingerprint density at radius 3 is 2.20 bits per heavy atom. The van der Waals surface area contributed by atoms with Crippen molar-refractivity contribution in [1.29, 1.82) is 0 Å². The molecule has 2 aromatic carbocycles. The largest absolute Gasteiger partial charge is 0.496 e. The van der Waals surface area contributed by atoms with Crippen LogP contribution in [-0.4, -0.2) is 71.3 Å². The molecule has 0 aliphatic carbocycles. The zero-order chi connectivity index (χ0) is 21.6. The van der Waals surface area contributed by atoms with Crippen LogP contribution in [0, 0.1) is 0 Å². The van der Waals surface area contributed by atoms with Gasteiger partial charge in [-0.1, -0.05) is 24.3 Å². The predicted octanol–water partition coefficient (Wildman–Crippen LogP) is 1.59. The number of carbonyl (C=O) groups is 1. The summed E-state index contributed by atoms with van der Waals surface area (Å²) in [5.74, 6) is 0.713. The van der Waals surface area contributed by atoms with Gasteiger partial charge in [-0.3, -0.25) is 4.79 Å². The lowest BCUT2D eigenvalue weighted by Crippen LogP contribution is -2.50. The van der Waals surface area contributed by atoms with E-state index in [1.54, 1.807) is 31.4 Å². The van der Waals surface area contributed by atoms with Gasteiger partial charge in [-0.05, 0) is 24.3 Å². The Bertz CT molecular complexity index is 972. The number of hydrogen-bond donors (Lipinski definition) is 1. The molecule has 1 heterocycles. The average molecular weight is 434 g/mol. The molecule has 0 saturated carbocycles. The van der Waals surface area contributed by atoms with Crippen molar-refractivity contribution in [2.24, 2.45) is 0 Å². The lowest BCUT2D eigenvalue weighted by molar-refractivity contribution is 0.0953. The molecule has 1 saturated heterocycles. The zero-order valence-corrected chi connectivity index (χ0v) is 18.0. The number of hydrogen-bond acceptors (Lipinski definition) is 6. The summed E-state index contributed by atoms with van der Waals surface area (Å²) >= 11 is 0. The molecule has 9 heteroatoms. The van der Waals surface area contributed by atoms with Crippen LogP contribution in [0.4, 0.5) is 5.69 Å². The van der Waals surface area contributed by atoms with Crippen LogP contribution in [0.15, 0.2) is 48.5 Å². The number of amides is 1. The highest BCUT2D eigenvalue weighted by Gasteiger charge is 2.27. The minimum atomic E-state index is -3.47. The van der Waals surface area contributed by atoms with E-state index in [9.17, 15) is 13.2 Å². The van der Waals surface area contributed by atoms with Gasteiger partial charge in [-0.15, -0.1) is 0 Å². The molecule has 1 aliphatic rings. The Balaban J connectivity index is 1.53. The van der Waals surface area contributed by atoms with Gasteiger partial charge in [0, 0.05) is 32.7 Å². The average Bonchev–Trinajstić information content (AvgIpc) is 2.78. The molecule has 1 fully saturated rings. The minimum Gasteiger partial charge on any atom is -0.496 e. The molecule has 0 unspecified atom stereocenters. The molecular formula is C21H27N3O5S. The van der Waals surface area contributed by atoms with Crippen LogP contribution < -0.4 is 19.7 Å². The first-order valence-electron chi connectivity index (χ1n) is 9.73. The van der Waals surface area contributed by atoms with Crippen molar-refractivity contribution in [2.45, 2.75) is 0 Å². The third-order valence-electron chi connectivity index (χ3n) is 5.06. The first-order valence-corrected chi connectivity index (χ1v) is 11.3. The van der Waals surface area contributed by atoms with E-state index in [0.717, 1.165) is 11.4 Å². The van der Waals surface area contributed by atoms with E-state index >= 15 is 0 Å². The maximum atomic E-state index is 12.7. The highest BCUT2D eigenvalue weighted by Crippen LogP contribution is 2.28. The predicted molar refractivity (Wildman–Crippen MR) is 116 cm³/mol. The van der Waals surface area contributed by atoms with Crippen molar-refractivity contribution in [2.75, 3.05) is 57.6 Å². The van der Waals surface area contributed by atoms with E-state index < -0.39 is 10.0 Å². The highest BCUT2D eigenvalue weighted by atomic mass is 32.2. The second-order valence-corrected chi connectivity index (χ2v) is 8.92. The Morgan fingerprint density at radius 2 is 1.53 bits per heavy atom. The lowest BCUT2D eigenvalue weighted by atomic mass is 10.2. The number of ether oxygens (including phenoxy) is 2. The third kappa shape index (κ3) is 5.03. The van der Waals surface area contributed by atoms with Crippen LogP contribution in [-0.2, 0) is 10.0 Å². The molecular weight excluding hydrogens is 406 g/mol. The number of methoxy groups -OCH3 is 2. The summed E-state index contributed by atoms with van der Waals surface area (Å²) in [5.41, 5.74) is 1.34. The molecule has 30 heavy (non-hydrogen) atoms. The number of para-hydroxylation sites is 3. The Labute approximate surface area is 177 Å². The van der Waals surface area contributed by atoms with Crippen LogP contribution >= 0.6 is 0 Å². The van der Waals surface area contributed by atoms with Crippen molar-refractivity contribution < 1.29 is 22.7 Å². The van der Waals surface area contributed by atoms with Crippen molar-refractivity contribution in [3.63, 3.8) is 0 Å². The molecule has 0 radical (unpaired) electrons.